The fourth-order valence-corrected chi connectivity index (χ4v) is 2.70. The molecule has 0 radical (unpaired) electrons. The van der Waals surface area contributed by atoms with Gasteiger partial charge in [0, 0.05) is 19.2 Å². The van der Waals surface area contributed by atoms with E-state index in [2.05, 4.69) is 5.32 Å². The lowest BCUT2D eigenvalue weighted by molar-refractivity contribution is -0.118. The lowest BCUT2D eigenvalue weighted by atomic mass is 10.1. The van der Waals surface area contributed by atoms with Gasteiger partial charge in [0.2, 0.25) is 11.8 Å². The van der Waals surface area contributed by atoms with Crippen LogP contribution in [-0.4, -0.2) is 25.5 Å². The monoisotopic (exact) mass is 342 g/mol. The molecule has 0 bridgehead atoms. The second kappa shape index (κ2) is 7.34. The van der Waals surface area contributed by atoms with Gasteiger partial charge in [0.05, 0.1) is 18.7 Å². The van der Waals surface area contributed by atoms with Crippen LogP contribution in [0.3, 0.4) is 0 Å². The van der Waals surface area contributed by atoms with Crippen LogP contribution in [0.2, 0.25) is 0 Å². The molecular formula is C19H19FN2O3. The molecule has 0 aliphatic carbocycles. The van der Waals surface area contributed by atoms with Gasteiger partial charge in [-0.05, 0) is 36.2 Å². The Hall–Kier alpha value is -2.89. The number of anilines is 2. The smallest absolute Gasteiger partial charge is 0.230 e. The number of aryl methyl sites for hydroxylation is 1. The molecular weight excluding hydrogens is 323 g/mol. The molecule has 2 aromatic carbocycles. The molecule has 1 heterocycles. The van der Waals surface area contributed by atoms with Crippen molar-refractivity contribution in [2.75, 3.05) is 23.9 Å². The summed E-state index contributed by atoms with van der Waals surface area (Å²) in [5, 5.41) is 2.78. The predicted octanol–water partition coefficient (Wildman–Crippen LogP) is 3.14. The number of rotatable bonds is 4. The Balaban J connectivity index is 1.67. The minimum absolute atomic E-state index is 0.0400. The van der Waals surface area contributed by atoms with E-state index in [9.17, 15) is 14.0 Å². The van der Waals surface area contributed by atoms with E-state index in [-0.39, 0.29) is 24.1 Å². The molecule has 3 rings (SSSR count). The highest BCUT2D eigenvalue weighted by Gasteiger charge is 2.20. The first-order valence-electron chi connectivity index (χ1n) is 8.11. The van der Waals surface area contributed by atoms with E-state index in [0.717, 1.165) is 0 Å². The maximum Gasteiger partial charge on any atom is 0.230 e. The van der Waals surface area contributed by atoms with Crippen LogP contribution in [0.1, 0.15) is 18.4 Å². The summed E-state index contributed by atoms with van der Waals surface area (Å²) in [5.41, 5.74) is 1.70. The van der Waals surface area contributed by atoms with Crippen molar-refractivity contribution >= 4 is 23.2 Å². The lowest BCUT2D eigenvalue weighted by Gasteiger charge is -2.17. The van der Waals surface area contributed by atoms with Crippen LogP contribution in [-0.2, 0) is 16.0 Å². The SMILES string of the molecule is CN1C(=O)CCOc2ccc(NC(=O)CCc3ccccc3F)cc21. The number of amides is 2. The maximum atomic E-state index is 13.6. The number of nitrogens with zero attached hydrogens (tertiary/aromatic N) is 1. The summed E-state index contributed by atoms with van der Waals surface area (Å²) in [6.07, 6.45) is 0.809. The van der Waals surface area contributed by atoms with Crippen molar-refractivity contribution in [2.45, 2.75) is 19.3 Å². The van der Waals surface area contributed by atoms with Gasteiger partial charge in [-0.2, -0.15) is 0 Å². The molecule has 6 heteroatoms. The molecule has 0 atom stereocenters. The van der Waals surface area contributed by atoms with E-state index in [1.165, 1.54) is 11.0 Å². The Labute approximate surface area is 145 Å². The zero-order chi connectivity index (χ0) is 17.8. The Morgan fingerprint density at radius 3 is 2.88 bits per heavy atom. The first-order valence-corrected chi connectivity index (χ1v) is 8.11. The highest BCUT2D eigenvalue weighted by Crippen LogP contribution is 2.33. The van der Waals surface area contributed by atoms with Crippen LogP contribution in [0.4, 0.5) is 15.8 Å². The predicted molar refractivity (Wildman–Crippen MR) is 93.3 cm³/mol. The molecule has 0 saturated heterocycles. The van der Waals surface area contributed by atoms with Crippen LogP contribution < -0.4 is 15.0 Å². The molecule has 5 nitrogen and oxygen atoms in total. The number of halogens is 1. The van der Waals surface area contributed by atoms with Crippen molar-refractivity contribution in [3.8, 4) is 5.75 Å². The molecule has 130 valence electrons. The number of carbonyl (C=O) groups is 2. The summed E-state index contributed by atoms with van der Waals surface area (Å²) >= 11 is 0. The topological polar surface area (TPSA) is 58.6 Å². The quantitative estimate of drug-likeness (QED) is 0.929. The lowest BCUT2D eigenvalue weighted by Crippen LogP contribution is -2.25. The number of fused-ring (bicyclic) bond motifs is 1. The highest BCUT2D eigenvalue weighted by atomic mass is 19.1. The van der Waals surface area contributed by atoms with E-state index in [4.69, 9.17) is 4.74 Å². The number of carbonyl (C=O) groups excluding carboxylic acids is 2. The van der Waals surface area contributed by atoms with Crippen LogP contribution in [0, 0.1) is 5.82 Å². The Bertz CT molecular complexity index is 807. The third-order valence-electron chi connectivity index (χ3n) is 4.13. The Morgan fingerprint density at radius 2 is 2.08 bits per heavy atom. The van der Waals surface area contributed by atoms with Crippen LogP contribution in [0.25, 0.3) is 0 Å². The fraction of sp³-hybridized carbons (Fsp3) is 0.263. The molecule has 0 fully saturated rings. The fourth-order valence-electron chi connectivity index (χ4n) is 2.70. The molecule has 0 aromatic heterocycles. The van der Waals surface area contributed by atoms with Crippen molar-refractivity contribution < 1.29 is 18.7 Å². The normalized spacial score (nSPS) is 13.7. The van der Waals surface area contributed by atoms with E-state index in [0.29, 0.717) is 42.1 Å². The standard InChI is InChI=1S/C19H19FN2O3/c1-22-16-12-14(7-8-17(16)25-11-10-19(22)24)21-18(23)9-6-13-4-2-3-5-15(13)20/h2-5,7-8,12H,6,9-11H2,1H3,(H,21,23). The molecule has 1 aliphatic rings. The summed E-state index contributed by atoms with van der Waals surface area (Å²) in [4.78, 5) is 25.6. The molecule has 25 heavy (non-hydrogen) atoms. The molecule has 1 aliphatic heterocycles. The second-order valence-corrected chi connectivity index (χ2v) is 5.87. The molecule has 1 N–H and O–H groups in total. The molecule has 0 unspecified atom stereocenters. The zero-order valence-corrected chi connectivity index (χ0v) is 13.9. The average Bonchev–Trinajstić information content (AvgIpc) is 2.74. The molecule has 2 aromatic rings. The van der Waals surface area contributed by atoms with E-state index in [1.54, 1.807) is 43.4 Å². The van der Waals surface area contributed by atoms with Gasteiger partial charge >= 0.3 is 0 Å². The van der Waals surface area contributed by atoms with Crippen molar-refractivity contribution in [1.82, 2.24) is 0 Å². The first-order chi connectivity index (χ1) is 12.0. The van der Waals surface area contributed by atoms with Crippen LogP contribution >= 0.6 is 0 Å². The van der Waals surface area contributed by atoms with Crippen molar-refractivity contribution in [3.05, 3.63) is 53.8 Å². The summed E-state index contributed by atoms with van der Waals surface area (Å²) in [6.45, 7) is 0.338. The number of hydrogen-bond donors (Lipinski definition) is 1. The van der Waals surface area contributed by atoms with E-state index >= 15 is 0 Å². The van der Waals surface area contributed by atoms with Crippen molar-refractivity contribution in [1.29, 1.82) is 0 Å². The largest absolute Gasteiger partial charge is 0.491 e. The van der Waals surface area contributed by atoms with Crippen LogP contribution in [0.5, 0.6) is 5.75 Å². The summed E-state index contributed by atoms with van der Waals surface area (Å²) in [7, 11) is 1.68. The number of benzene rings is 2. The summed E-state index contributed by atoms with van der Waals surface area (Å²) < 4.78 is 19.1. The van der Waals surface area contributed by atoms with Gasteiger partial charge in [0.25, 0.3) is 0 Å². The Morgan fingerprint density at radius 1 is 1.28 bits per heavy atom. The van der Waals surface area contributed by atoms with Gasteiger partial charge in [0.1, 0.15) is 11.6 Å². The highest BCUT2D eigenvalue weighted by molar-refractivity contribution is 5.97. The maximum absolute atomic E-state index is 13.6. The minimum Gasteiger partial charge on any atom is -0.491 e. The Kier molecular flexibility index (Phi) is 4.97. The number of ether oxygens (including phenoxy) is 1. The zero-order valence-electron chi connectivity index (χ0n) is 13.9. The molecule has 0 spiro atoms. The van der Waals surface area contributed by atoms with Gasteiger partial charge < -0.3 is 15.0 Å². The summed E-state index contributed by atoms with van der Waals surface area (Å²) in [6, 6.07) is 11.6. The third kappa shape index (κ3) is 3.96. The molecule has 0 saturated carbocycles. The first kappa shape index (κ1) is 17.0. The van der Waals surface area contributed by atoms with Gasteiger partial charge in [-0.1, -0.05) is 18.2 Å². The van der Waals surface area contributed by atoms with Gasteiger partial charge in [0.15, 0.2) is 0 Å². The van der Waals surface area contributed by atoms with E-state index < -0.39 is 0 Å². The van der Waals surface area contributed by atoms with Crippen LogP contribution in [0.15, 0.2) is 42.5 Å². The third-order valence-corrected chi connectivity index (χ3v) is 4.13. The van der Waals surface area contributed by atoms with Gasteiger partial charge in [-0.3, -0.25) is 9.59 Å². The number of nitrogens with one attached hydrogen (secondary N) is 1. The van der Waals surface area contributed by atoms with Crippen molar-refractivity contribution in [3.63, 3.8) is 0 Å². The van der Waals surface area contributed by atoms with Gasteiger partial charge in [-0.15, -0.1) is 0 Å². The van der Waals surface area contributed by atoms with E-state index in [1.807, 2.05) is 0 Å². The summed E-state index contributed by atoms with van der Waals surface area (Å²) in [5.74, 6) is 0.0452. The van der Waals surface area contributed by atoms with Crippen molar-refractivity contribution in [2.24, 2.45) is 0 Å². The number of hydrogen-bond acceptors (Lipinski definition) is 3. The average molecular weight is 342 g/mol. The minimum atomic E-state index is -0.308. The van der Waals surface area contributed by atoms with Gasteiger partial charge in [-0.25, -0.2) is 4.39 Å². The molecule has 2 amide bonds. The second-order valence-electron chi connectivity index (χ2n) is 5.87.